The Labute approximate surface area is 213 Å². The molecule has 2 heterocycles. The van der Waals surface area contributed by atoms with Crippen molar-refractivity contribution in [3.63, 3.8) is 0 Å². The van der Waals surface area contributed by atoms with Gasteiger partial charge in [-0.15, -0.1) is 0 Å². The van der Waals surface area contributed by atoms with Crippen LogP contribution < -0.4 is 9.47 Å². The number of para-hydroxylation sites is 1. The highest BCUT2D eigenvalue weighted by atomic mass is 16.7. The number of methoxy groups -OCH3 is 1. The Balaban J connectivity index is 1.32. The number of carbonyl (C=O) groups is 2. The summed E-state index contributed by atoms with van der Waals surface area (Å²) in [5.41, 5.74) is 6.29. The molecule has 7 nitrogen and oxygen atoms in total. The largest absolute Gasteiger partial charge is 0.465 e. The molecular formula is C30H23NO6. The van der Waals surface area contributed by atoms with Gasteiger partial charge in [0.1, 0.15) is 6.61 Å². The summed E-state index contributed by atoms with van der Waals surface area (Å²) in [5, 5.41) is 0.775. The van der Waals surface area contributed by atoms with Gasteiger partial charge in [-0.05, 0) is 71.5 Å². The summed E-state index contributed by atoms with van der Waals surface area (Å²) in [7, 11) is 1.34. The summed E-state index contributed by atoms with van der Waals surface area (Å²) >= 11 is 0. The van der Waals surface area contributed by atoms with Crippen LogP contribution in [0.4, 0.5) is 0 Å². The summed E-state index contributed by atoms with van der Waals surface area (Å²) in [5.74, 6) is 0.661. The zero-order valence-electron chi connectivity index (χ0n) is 20.2. The predicted molar refractivity (Wildman–Crippen MR) is 137 cm³/mol. The van der Waals surface area contributed by atoms with Gasteiger partial charge in [0.15, 0.2) is 11.5 Å². The van der Waals surface area contributed by atoms with E-state index >= 15 is 0 Å². The maximum atomic E-state index is 13.4. The van der Waals surface area contributed by atoms with E-state index in [-0.39, 0.29) is 13.4 Å². The van der Waals surface area contributed by atoms with E-state index in [0.29, 0.717) is 17.5 Å². The average Bonchev–Trinajstić information content (AvgIpc) is 3.57. The lowest BCUT2D eigenvalue weighted by atomic mass is 10.0. The number of hydrogen-bond acceptors (Lipinski definition) is 7. The van der Waals surface area contributed by atoms with Crippen LogP contribution in [0.5, 0.6) is 11.5 Å². The lowest BCUT2D eigenvalue weighted by Gasteiger charge is -2.13. The van der Waals surface area contributed by atoms with Crippen molar-refractivity contribution in [3.8, 4) is 11.5 Å². The number of fused-ring (bicyclic) bond motifs is 3. The number of rotatable bonds is 5. The molecule has 0 bridgehead atoms. The summed E-state index contributed by atoms with van der Waals surface area (Å²) in [6.07, 6.45) is 3.55. The summed E-state index contributed by atoms with van der Waals surface area (Å²) in [6.45, 7) is 0.318. The van der Waals surface area contributed by atoms with E-state index in [1.165, 1.54) is 7.11 Å². The van der Waals surface area contributed by atoms with Crippen molar-refractivity contribution in [1.82, 2.24) is 4.98 Å². The Morgan fingerprint density at radius 1 is 0.946 bits per heavy atom. The van der Waals surface area contributed by atoms with Gasteiger partial charge >= 0.3 is 11.9 Å². The molecule has 0 N–H and O–H groups in total. The first kappa shape index (κ1) is 22.8. The normalized spacial score (nSPS) is 14.6. The van der Waals surface area contributed by atoms with E-state index in [1.54, 1.807) is 24.3 Å². The van der Waals surface area contributed by atoms with Crippen molar-refractivity contribution in [1.29, 1.82) is 0 Å². The molecule has 1 aromatic heterocycles. The first-order chi connectivity index (χ1) is 18.1. The average molecular weight is 494 g/mol. The highest BCUT2D eigenvalue weighted by molar-refractivity contribution is 6.07. The van der Waals surface area contributed by atoms with Crippen molar-refractivity contribution in [2.75, 3.05) is 13.9 Å². The third-order valence-corrected chi connectivity index (χ3v) is 6.63. The number of carbonyl (C=O) groups excluding carboxylic acids is 2. The molecule has 0 unspecified atom stereocenters. The van der Waals surface area contributed by atoms with E-state index in [4.69, 9.17) is 23.9 Å². The summed E-state index contributed by atoms with van der Waals surface area (Å²) in [6, 6.07) is 20.3. The Morgan fingerprint density at radius 3 is 2.59 bits per heavy atom. The van der Waals surface area contributed by atoms with Crippen LogP contribution in [0.3, 0.4) is 0 Å². The van der Waals surface area contributed by atoms with Crippen molar-refractivity contribution in [2.45, 2.75) is 19.4 Å². The molecule has 0 fully saturated rings. The highest BCUT2D eigenvalue weighted by Gasteiger charge is 2.28. The van der Waals surface area contributed by atoms with Gasteiger partial charge in [0, 0.05) is 5.39 Å². The molecule has 0 spiro atoms. The zero-order valence-corrected chi connectivity index (χ0v) is 20.2. The number of ether oxygens (including phenoxy) is 4. The smallest absolute Gasteiger partial charge is 0.339 e. The van der Waals surface area contributed by atoms with Crippen LogP contribution in [0, 0.1) is 0 Å². The fourth-order valence-electron chi connectivity index (χ4n) is 4.79. The van der Waals surface area contributed by atoms with E-state index in [9.17, 15) is 9.59 Å². The number of nitrogens with zero attached hydrogens (tertiary/aromatic N) is 1. The topological polar surface area (TPSA) is 84.0 Å². The van der Waals surface area contributed by atoms with Crippen molar-refractivity contribution in [3.05, 3.63) is 100 Å². The number of benzene rings is 3. The van der Waals surface area contributed by atoms with Gasteiger partial charge < -0.3 is 18.9 Å². The lowest BCUT2D eigenvalue weighted by Crippen LogP contribution is -2.10. The monoisotopic (exact) mass is 493 g/mol. The van der Waals surface area contributed by atoms with Gasteiger partial charge in [-0.2, -0.15) is 0 Å². The minimum absolute atomic E-state index is 0.0889. The molecule has 37 heavy (non-hydrogen) atoms. The van der Waals surface area contributed by atoms with E-state index in [1.807, 2.05) is 42.5 Å². The number of hydrogen-bond donors (Lipinski definition) is 0. The predicted octanol–water partition coefficient (Wildman–Crippen LogP) is 5.59. The Hall–Kier alpha value is -4.65. The zero-order chi connectivity index (χ0) is 25.4. The van der Waals surface area contributed by atoms with Crippen molar-refractivity contribution < 1.29 is 28.5 Å². The molecule has 3 aromatic carbocycles. The molecule has 0 atom stereocenters. The number of esters is 2. The minimum Gasteiger partial charge on any atom is -0.465 e. The van der Waals surface area contributed by atoms with E-state index in [0.717, 1.165) is 56.8 Å². The van der Waals surface area contributed by atoms with E-state index in [2.05, 4.69) is 6.08 Å². The van der Waals surface area contributed by atoms with Gasteiger partial charge in [0.25, 0.3) is 0 Å². The van der Waals surface area contributed by atoms with Crippen LogP contribution in [0.1, 0.15) is 49.5 Å². The molecule has 7 heteroatoms. The van der Waals surface area contributed by atoms with Crippen molar-refractivity contribution in [2.24, 2.45) is 0 Å². The maximum absolute atomic E-state index is 13.4. The van der Waals surface area contributed by atoms with Crippen LogP contribution in [0.25, 0.3) is 22.6 Å². The van der Waals surface area contributed by atoms with Crippen LogP contribution in [0.2, 0.25) is 0 Å². The Bertz CT molecular complexity index is 1570. The molecule has 6 rings (SSSR count). The SMILES string of the molecule is COC(=O)c1ccc(COC(=O)c2c3c(nc4ccccc24)/C(=C/c2ccc4c(c2)OCO4)CC3)cc1. The molecular weight excluding hydrogens is 470 g/mol. The second-order valence-electron chi connectivity index (χ2n) is 8.88. The van der Waals surface area contributed by atoms with E-state index < -0.39 is 11.9 Å². The Kier molecular flexibility index (Phi) is 5.81. The van der Waals surface area contributed by atoms with Crippen LogP contribution >= 0.6 is 0 Å². The quantitative estimate of drug-likeness (QED) is 0.335. The summed E-state index contributed by atoms with van der Waals surface area (Å²) < 4.78 is 21.4. The molecule has 0 radical (unpaired) electrons. The van der Waals surface area contributed by atoms with Gasteiger partial charge in [0.05, 0.1) is 29.4 Å². The van der Waals surface area contributed by atoms with Crippen LogP contribution in [0.15, 0.2) is 66.7 Å². The number of allylic oxidation sites excluding steroid dienone is 1. The molecule has 0 amide bonds. The second-order valence-corrected chi connectivity index (χ2v) is 8.88. The standard InChI is InChI=1S/C30H23NO6/c1-34-29(32)20-9-6-18(7-10-20)16-35-30(33)27-22-4-2-3-5-24(22)31-28-21(11-12-23(27)28)14-19-8-13-25-26(15-19)37-17-36-25/h2-10,13-15H,11-12,16-17H2,1H3/b21-14+. The fourth-order valence-corrected chi connectivity index (χ4v) is 4.79. The third kappa shape index (κ3) is 4.29. The van der Waals surface area contributed by atoms with Crippen LogP contribution in [-0.2, 0) is 22.5 Å². The first-order valence-corrected chi connectivity index (χ1v) is 12.0. The first-order valence-electron chi connectivity index (χ1n) is 12.0. The molecule has 1 aliphatic carbocycles. The molecule has 2 aliphatic rings. The summed E-state index contributed by atoms with van der Waals surface area (Å²) in [4.78, 5) is 30.0. The molecule has 1 aliphatic heterocycles. The number of pyridine rings is 1. The van der Waals surface area contributed by atoms with Gasteiger partial charge in [-0.25, -0.2) is 14.6 Å². The minimum atomic E-state index is -0.410. The highest BCUT2D eigenvalue weighted by Crippen LogP contribution is 2.39. The van der Waals surface area contributed by atoms with Crippen molar-refractivity contribution >= 4 is 34.5 Å². The maximum Gasteiger partial charge on any atom is 0.339 e. The molecule has 4 aromatic rings. The molecule has 184 valence electrons. The van der Waals surface area contributed by atoms with Crippen LogP contribution in [-0.4, -0.2) is 30.8 Å². The molecule has 0 saturated carbocycles. The lowest BCUT2D eigenvalue weighted by molar-refractivity contribution is 0.0472. The third-order valence-electron chi connectivity index (χ3n) is 6.63. The van der Waals surface area contributed by atoms with Gasteiger partial charge in [0.2, 0.25) is 6.79 Å². The second kappa shape index (κ2) is 9.43. The fraction of sp³-hybridized carbons (Fsp3) is 0.167. The van der Waals surface area contributed by atoms with Gasteiger partial charge in [-0.3, -0.25) is 0 Å². The number of aromatic nitrogens is 1. The molecule has 0 saturated heterocycles. The van der Waals surface area contributed by atoms with Gasteiger partial charge in [-0.1, -0.05) is 36.4 Å². The Morgan fingerprint density at radius 2 is 1.76 bits per heavy atom.